The van der Waals surface area contributed by atoms with Gasteiger partial charge in [-0.05, 0) is 12.5 Å². The summed E-state index contributed by atoms with van der Waals surface area (Å²) in [6.07, 6.45) is 0.248. The number of rotatable bonds is 6. The van der Waals surface area contributed by atoms with Crippen molar-refractivity contribution < 1.29 is 9.59 Å². The summed E-state index contributed by atoms with van der Waals surface area (Å²) in [5.74, 6) is -0.196. The quantitative estimate of drug-likeness (QED) is 0.759. The molecule has 6 nitrogen and oxygen atoms in total. The molecule has 3 N–H and O–H groups in total. The van der Waals surface area contributed by atoms with Gasteiger partial charge in [0.15, 0.2) is 0 Å². The highest BCUT2D eigenvalue weighted by atomic mass is 35.5. The van der Waals surface area contributed by atoms with Crippen molar-refractivity contribution >= 4 is 36.6 Å². The maximum absolute atomic E-state index is 12.1. The van der Waals surface area contributed by atoms with Gasteiger partial charge in [-0.15, -0.1) is 24.8 Å². The van der Waals surface area contributed by atoms with E-state index in [0.717, 1.165) is 19.6 Å². The van der Waals surface area contributed by atoms with Crippen molar-refractivity contribution in [1.29, 1.82) is 0 Å². The number of carbonyl (C=O) groups is 2. The van der Waals surface area contributed by atoms with Crippen LogP contribution in [-0.2, 0) is 16.1 Å². The standard InChI is InChI=1S/C17H26N4O2.2ClH/c1-14(18)11-16(22)19-12-17(23)21-9-7-20(8-10-21)13-15-5-3-2-4-6-15;;/h2-6,14H,7-13,18H2,1H3,(H,19,22);2*1H. The van der Waals surface area contributed by atoms with Crippen molar-refractivity contribution in [3.8, 4) is 0 Å². The molecule has 1 aliphatic heterocycles. The lowest BCUT2D eigenvalue weighted by molar-refractivity contribution is -0.134. The normalized spacial score (nSPS) is 15.5. The first kappa shape index (κ1) is 23.7. The second-order valence-corrected chi connectivity index (χ2v) is 6.10. The molecule has 1 aromatic carbocycles. The highest BCUT2D eigenvalue weighted by Gasteiger charge is 2.21. The summed E-state index contributed by atoms with van der Waals surface area (Å²) in [5.41, 5.74) is 6.85. The maximum atomic E-state index is 12.1. The minimum atomic E-state index is -0.188. The monoisotopic (exact) mass is 390 g/mol. The zero-order valence-electron chi connectivity index (χ0n) is 14.5. The van der Waals surface area contributed by atoms with Crippen LogP contribution < -0.4 is 11.1 Å². The van der Waals surface area contributed by atoms with Crippen molar-refractivity contribution in [2.45, 2.75) is 25.9 Å². The Kier molecular flexibility index (Phi) is 11.4. The lowest BCUT2D eigenvalue weighted by atomic mass is 10.2. The summed E-state index contributed by atoms with van der Waals surface area (Å²) in [6.45, 7) is 5.86. The summed E-state index contributed by atoms with van der Waals surface area (Å²) in [7, 11) is 0. The number of nitrogens with one attached hydrogen (secondary N) is 1. The number of hydrogen-bond donors (Lipinski definition) is 2. The Morgan fingerprint density at radius 2 is 1.72 bits per heavy atom. The van der Waals surface area contributed by atoms with Crippen molar-refractivity contribution in [2.24, 2.45) is 5.73 Å². The van der Waals surface area contributed by atoms with Crippen LogP contribution in [0.25, 0.3) is 0 Å². The van der Waals surface area contributed by atoms with Crippen LogP contribution in [0.5, 0.6) is 0 Å². The first-order valence-electron chi connectivity index (χ1n) is 8.11. The van der Waals surface area contributed by atoms with Gasteiger partial charge in [-0.2, -0.15) is 0 Å². The largest absolute Gasteiger partial charge is 0.347 e. The lowest BCUT2D eigenvalue weighted by Gasteiger charge is -2.34. The van der Waals surface area contributed by atoms with E-state index >= 15 is 0 Å². The number of halogens is 2. The highest BCUT2D eigenvalue weighted by molar-refractivity contribution is 5.86. The third kappa shape index (κ3) is 8.54. The number of hydrogen-bond acceptors (Lipinski definition) is 4. The Hall–Kier alpha value is -1.34. The molecule has 1 heterocycles. The number of piperazine rings is 1. The van der Waals surface area contributed by atoms with Crippen LogP contribution in [-0.4, -0.2) is 60.4 Å². The molecule has 0 spiro atoms. The molecular formula is C17H28Cl2N4O2. The van der Waals surface area contributed by atoms with Crippen molar-refractivity contribution in [3.05, 3.63) is 35.9 Å². The highest BCUT2D eigenvalue weighted by Crippen LogP contribution is 2.08. The number of benzene rings is 1. The third-order valence-electron chi connectivity index (χ3n) is 3.92. The molecule has 2 rings (SSSR count). The fourth-order valence-electron chi connectivity index (χ4n) is 2.65. The van der Waals surface area contributed by atoms with E-state index in [-0.39, 0.29) is 55.6 Å². The predicted molar refractivity (Wildman–Crippen MR) is 104 cm³/mol. The van der Waals surface area contributed by atoms with E-state index in [4.69, 9.17) is 5.73 Å². The molecule has 25 heavy (non-hydrogen) atoms. The van der Waals surface area contributed by atoms with Gasteiger partial charge >= 0.3 is 0 Å². The van der Waals surface area contributed by atoms with Crippen LogP contribution in [0.3, 0.4) is 0 Å². The summed E-state index contributed by atoms with van der Waals surface area (Å²) in [4.78, 5) is 27.8. The van der Waals surface area contributed by atoms with Gasteiger partial charge < -0.3 is 16.0 Å². The average Bonchev–Trinajstić information content (AvgIpc) is 2.54. The number of amides is 2. The fraction of sp³-hybridized carbons (Fsp3) is 0.529. The molecule has 8 heteroatoms. The van der Waals surface area contributed by atoms with E-state index in [0.29, 0.717) is 13.1 Å². The van der Waals surface area contributed by atoms with Crippen LogP contribution in [0.1, 0.15) is 18.9 Å². The van der Waals surface area contributed by atoms with Gasteiger partial charge in [0.05, 0.1) is 6.54 Å². The van der Waals surface area contributed by atoms with Gasteiger partial charge in [0.1, 0.15) is 0 Å². The molecule has 0 aromatic heterocycles. The number of carbonyl (C=O) groups excluding carboxylic acids is 2. The molecule has 2 amide bonds. The molecule has 1 unspecified atom stereocenters. The molecule has 0 saturated carbocycles. The third-order valence-corrected chi connectivity index (χ3v) is 3.92. The molecule has 1 fully saturated rings. The Balaban J connectivity index is 0.00000288. The summed E-state index contributed by atoms with van der Waals surface area (Å²) < 4.78 is 0. The molecule has 0 bridgehead atoms. The summed E-state index contributed by atoms with van der Waals surface area (Å²) in [6, 6.07) is 10.1. The number of nitrogens with two attached hydrogens (primary N) is 1. The summed E-state index contributed by atoms with van der Waals surface area (Å²) >= 11 is 0. The van der Waals surface area contributed by atoms with Crippen LogP contribution >= 0.6 is 24.8 Å². The Morgan fingerprint density at radius 1 is 1.12 bits per heavy atom. The van der Waals surface area contributed by atoms with E-state index < -0.39 is 0 Å². The van der Waals surface area contributed by atoms with Crippen LogP contribution in [0.2, 0.25) is 0 Å². The second kappa shape index (κ2) is 12.1. The molecule has 0 radical (unpaired) electrons. The zero-order valence-corrected chi connectivity index (χ0v) is 16.2. The number of nitrogens with zero attached hydrogens (tertiary/aromatic N) is 2. The van der Waals surface area contributed by atoms with E-state index in [1.165, 1.54) is 5.56 Å². The Morgan fingerprint density at radius 3 is 2.28 bits per heavy atom. The average molecular weight is 391 g/mol. The predicted octanol–water partition coefficient (Wildman–Crippen LogP) is 1.03. The maximum Gasteiger partial charge on any atom is 0.242 e. The Labute approximate surface area is 161 Å². The molecule has 1 aromatic rings. The van der Waals surface area contributed by atoms with E-state index in [9.17, 15) is 9.59 Å². The molecule has 1 aliphatic rings. The van der Waals surface area contributed by atoms with Gasteiger partial charge in [0, 0.05) is 45.2 Å². The molecule has 1 saturated heterocycles. The van der Waals surface area contributed by atoms with Crippen LogP contribution in [0.15, 0.2) is 30.3 Å². The van der Waals surface area contributed by atoms with Gasteiger partial charge in [0.25, 0.3) is 0 Å². The van der Waals surface area contributed by atoms with Gasteiger partial charge in [-0.1, -0.05) is 30.3 Å². The van der Waals surface area contributed by atoms with Crippen LogP contribution in [0, 0.1) is 0 Å². The molecule has 1 atom stereocenters. The van der Waals surface area contributed by atoms with E-state index in [1.54, 1.807) is 6.92 Å². The SMILES string of the molecule is CC(N)CC(=O)NCC(=O)N1CCN(Cc2ccccc2)CC1.Cl.Cl. The summed E-state index contributed by atoms with van der Waals surface area (Å²) in [5, 5.41) is 2.64. The zero-order chi connectivity index (χ0) is 16.7. The van der Waals surface area contributed by atoms with Gasteiger partial charge in [-0.25, -0.2) is 0 Å². The smallest absolute Gasteiger partial charge is 0.242 e. The lowest BCUT2D eigenvalue weighted by Crippen LogP contribution is -2.51. The minimum Gasteiger partial charge on any atom is -0.347 e. The topological polar surface area (TPSA) is 78.7 Å². The molecular weight excluding hydrogens is 363 g/mol. The first-order valence-corrected chi connectivity index (χ1v) is 8.11. The van der Waals surface area contributed by atoms with Crippen molar-refractivity contribution in [2.75, 3.05) is 32.7 Å². The van der Waals surface area contributed by atoms with Crippen LogP contribution in [0.4, 0.5) is 0 Å². The van der Waals surface area contributed by atoms with Gasteiger partial charge in [-0.3, -0.25) is 14.5 Å². The first-order chi connectivity index (χ1) is 11.0. The Bertz CT molecular complexity index is 521. The van der Waals surface area contributed by atoms with E-state index in [2.05, 4.69) is 22.3 Å². The minimum absolute atomic E-state index is 0. The molecule has 142 valence electrons. The van der Waals surface area contributed by atoms with Crippen molar-refractivity contribution in [3.63, 3.8) is 0 Å². The van der Waals surface area contributed by atoms with Gasteiger partial charge in [0.2, 0.25) is 11.8 Å². The van der Waals surface area contributed by atoms with Crippen molar-refractivity contribution in [1.82, 2.24) is 15.1 Å². The second-order valence-electron chi connectivity index (χ2n) is 6.10. The fourth-order valence-corrected chi connectivity index (χ4v) is 2.65. The molecule has 0 aliphatic carbocycles. The van der Waals surface area contributed by atoms with E-state index in [1.807, 2.05) is 23.1 Å².